The molecule has 0 N–H and O–H groups in total. The second-order valence-corrected chi connectivity index (χ2v) is 7.61. The van der Waals surface area contributed by atoms with Crippen molar-refractivity contribution in [2.75, 3.05) is 21.0 Å². The van der Waals surface area contributed by atoms with Crippen LogP contribution in [0.2, 0.25) is 0 Å². The average Bonchev–Trinajstić information content (AvgIpc) is 2.83. The molecule has 176 valence electrons. The van der Waals surface area contributed by atoms with Gasteiger partial charge in [0, 0.05) is 6.08 Å². The number of carbonyl (C=O) groups excluding carboxylic acids is 3. The summed E-state index contributed by atoms with van der Waals surface area (Å²) in [6.07, 6.45) is 3.48. The zero-order chi connectivity index (χ0) is 24.4. The highest BCUT2D eigenvalue weighted by Gasteiger charge is 2.27. The number of rotatable bonds is 10. The summed E-state index contributed by atoms with van der Waals surface area (Å²) >= 11 is 0. The number of methoxy groups -OCH3 is 2. The largest absolute Gasteiger partial charge is 0.493 e. The minimum absolute atomic E-state index is 0.222. The minimum atomic E-state index is -0.589. The van der Waals surface area contributed by atoms with Crippen molar-refractivity contribution >= 4 is 24.0 Å². The summed E-state index contributed by atoms with van der Waals surface area (Å²) < 4.78 is 25.8. The van der Waals surface area contributed by atoms with Gasteiger partial charge in [-0.1, -0.05) is 13.0 Å². The van der Waals surface area contributed by atoms with E-state index < -0.39 is 17.4 Å². The van der Waals surface area contributed by atoms with Crippen LogP contribution in [0.25, 0.3) is 6.08 Å². The number of hydrogen-bond acceptors (Lipinski definition) is 8. The van der Waals surface area contributed by atoms with Crippen LogP contribution in [0.15, 0.2) is 48.5 Å². The summed E-state index contributed by atoms with van der Waals surface area (Å²) in [7, 11) is 2.73. The lowest BCUT2D eigenvalue weighted by molar-refractivity contribution is -0.160. The molecule has 0 saturated heterocycles. The number of ether oxygens (including phenoxy) is 5. The van der Waals surface area contributed by atoms with Crippen LogP contribution in [0.4, 0.5) is 0 Å². The molecule has 0 spiro atoms. The van der Waals surface area contributed by atoms with Crippen molar-refractivity contribution in [3.8, 4) is 17.2 Å². The van der Waals surface area contributed by atoms with Gasteiger partial charge in [-0.2, -0.15) is 0 Å². The van der Waals surface area contributed by atoms with E-state index in [9.17, 15) is 14.4 Å². The van der Waals surface area contributed by atoms with Gasteiger partial charge in [-0.15, -0.1) is 0 Å². The SMILES string of the molecule is CCC(C)(C)C(=O)OCOc1ccc(C(=O)Oc2ccc(/C=C/C(=O)OC)cc2OC)cc1. The van der Waals surface area contributed by atoms with Crippen LogP contribution in [0.5, 0.6) is 17.2 Å². The first-order valence-corrected chi connectivity index (χ1v) is 10.3. The zero-order valence-electron chi connectivity index (χ0n) is 19.4. The maximum Gasteiger partial charge on any atom is 0.343 e. The molecule has 0 heterocycles. The van der Waals surface area contributed by atoms with Crippen molar-refractivity contribution in [3.05, 3.63) is 59.7 Å². The van der Waals surface area contributed by atoms with Gasteiger partial charge < -0.3 is 23.7 Å². The molecule has 2 aromatic carbocycles. The molecule has 0 bridgehead atoms. The third kappa shape index (κ3) is 7.38. The van der Waals surface area contributed by atoms with Crippen molar-refractivity contribution in [1.29, 1.82) is 0 Å². The van der Waals surface area contributed by atoms with Crippen LogP contribution >= 0.6 is 0 Å². The summed E-state index contributed by atoms with van der Waals surface area (Å²) in [5.41, 5.74) is 0.387. The summed E-state index contributed by atoms with van der Waals surface area (Å²) in [6.45, 7) is 5.29. The van der Waals surface area contributed by atoms with Crippen molar-refractivity contribution < 1.29 is 38.1 Å². The van der Waals surface area contributed by atoms with Gasteiger partial charge in [0.15, 0.2) is 11.5 Å². The highest BCUT2D eigenvalue weighted by atomic mass is 16.7. The Bertz CT molecular complexity index is 1010. The van der Waals surface area contributed by atoms with E-state index in [1.165, 1.54) is 32.4 Å². The first-order chi connectivity index (χ1) is 15.7. The van der Waals surface area contributed by atoms with Crippen LogP contribution in [-0.4, -0.2) is 38.9 Å². The fraction of sp³-hybridized carbons (Fsp3) is 0.320. The van der Waals surface area contributed by atoms with E-state index in [0.717, 1.165) is 0 Å². The molecule has 33 heavy (non-hydrogen) atoms. The Balaban J connectivity index is 1.98. The number of esters is 3. The molecule has 0 atom stereocenters. The van der Waals surface area contributed by atoms with Gasteiger partial charge in [0.05, 0.1) is 25.2 Å². The third-order valence-electron chi connectivity index (χ3n) is 4.95. The lowest BCUT2D eigenvalue weighted by atomic mass is 9.91. The van der Waals surface area contributed by atoms with Crippen molar-refractivity contribution in [2.24, 2.45) is 5.41 Å². The van der Waals surface area contributed by atoms with Crippen LogP contribution < -0.4 is 14.2 Å². The quantitative estimate of drug-likeness (QED) is 0.224. The monoisotopic (exact) mass is 456 g/mol. The van der Waals surface area contributed by atoms with Gasteiger partial charge in [0.1, 0.15) is 5.75 Å². The van der Waals surface area contributed by atoms with Crippen LogP contribution in [0, 0.1) is 5.41 Å². The lowest BCUT2D eigenvalue weighted by Crippen LogP contribution is -2.27. The van der Waals surface area contributed by atoms with Gasteiger partial charge in [0.2, 0.25) is 6.79 Å². The zero-order valence-corrected chi connectivity index (χ0v) is 19.4. The number of carbonyl (C=O) groups is 3. The van der Waals surface area contributed by atoms with Gasteiger partial charge in [-0.25, -0.2) is 9.59 Å². The normalized spacial score (nSPS) is 11.1. The van der Waals surface area contributed by atoms with Crippen LogP contribution in [0.1, 0.15) is 43.1 Å². The van der Waals surface area contributed by atoms with Gasteiger partial charge in [-0.3, -0.25) is 4.79 Å². The van der Waals surface area contributed by atoms with Crippen LogP contribution in [-0.2, 0) is 19.1 Å². The molecule has 8 heteroatoms. The minimum Gasteiger partial charge on any atom is -0.493 e. The Morgan fingerprint density at radius 3 is 2.27 bits per heavy atom. The Hall–Kier alpha value is -3.81. The second-order valence-electron chi connectivity index (χ2n) is 7.61. The van der Waals surface area contributed by atoms with Gasteiger partial charge in [-0.05, 0) is 68.3 Å². The fourth-order valence-electron chi connectivity index (χ4n) is 2.44. The maximum absolute atomic E-state index is 12.5. The van der Waals surface area contributed by atoms with Crippen molar-refractivity contribution in [3.63, 3.8) is 0 Å². The number of benzene rings is 2. The fourth-order valence-corrected chi connectivity index (χ4v) is 2.44. The third-order valence-corrected chi connectivity index (χ3v) is 4.95. The van der Waals surface area contributed by atoms with Crippen molar-refractivity contribution in [2.45, 2.75) is 27.2 Å². The lowest BCUT2D eigenvalue weighted by Gasteiger charge is -2.20. The summed E-state index contributed by atoms with van der Waals surface area (Å²) in [4.78, 5) is 35.7. The maximum atomic E-state index is 12.5. The standard InChI is InChI=1S/C25H28O8/c1-6-25(2,3)24(28)32-16-31-19-11-9-18(10-12-19)23(27)33-20-13-7-17(15-21(20)29-4)8-14-22(26)30-5/h7-15H,6,16H2,1-5H3/b14-8+. The molecular formula is C25H28O8. The second kappa shape index (κ2) is 11.7. The van der Waals surface area contributed by atoms with E-state index in [4.69, 9.17) is 18.9 Å². The molecule has 2 aromatic rings. The predicted octanol–water partition coefficient (Wildman–Crippen LogP) is 4.42. The Morgan fingerprint density at radius 1 is 0.970 bits per heavy atom. The molecule has 0 aliphatic heterocycles. The molecule has 2 rings (SSSR count). The molecule has 0 aliphatic carbocycles. The molecule has 0 amide bonds. The Labute approximate surface area is 193 Å². The summed E-state index contributed by atoms with van der Waals surface area (Å²) in [5, 5.41) is 0. The first-order valence-electron chi connectivity index (χ1n) is 10.3. The Kier molecular flexibility index (Phi) is 9.03. The van der Waals surface area contributed by atoms with Gasteiger partial charge >= 0.3 is 17.9 Å². The van der Waals surface area contributed by atoms with E-state index in [1.54, 1.807) is 50.3 Å². The van der Waals surface area contributed by atoms with E-state index in [-0.39, 0.29) is 18.5 Å². The summed E-state index contributed by atoms with van der Waals surface area (Å²) in [5.74, 6) is -0.428. The smallest absolute Gasteiger partial charge is 0.343 e. The topological polar surface area (TPSA) is 97.4 Å². The molecule has 0 aliphatic rings. The van der Waals surface area contributed by atoms with Gasteiger partial charge in [0.25, 0.3) is 0 Å². The van der Waals surface area contributed by atoms with E-state index in [2.05, 4.69) is 4.74 Å². The highest BCUT2D eigenvalue weighted by molar-refractivity contribution is 5.91. The van der Waals surface area contributed by atoms with E-state index >= 15 is 0 Å². The van der Waals surface area contributed by atoms with Crippen LogP contribution in [0.3, 0.4) is 0 Å². The summed E-state index contributed by atoms with van der Waals surface area (Å²) in [6, 6.07) is 11.1. The average molecular weight is 456 g/mol. The molecule has 0 radical (unpaired) electrons. The highest BCUT2D eigenvalue weighted by Crippen LogP contribution is 2.29. The molecule has 0 aromatic heterocycles. The first kappa shape index (κ1) is 25.5. The number of hydrogen-bond donors (Lipinski definition) is 0. The molecule has 0 saturated carbocycles. The molecule has 8 nitrogen and oxygen atoms in total. The molecule has 0 fully saturated rings. The van der Waals surface area contributed by atoms with Crippen molar-refractivity contribution in [1.82, 2.24) is 0 Å². The predicted molar refractivity (Wildman–Crippen MR) is 121 cm³/mol. The van der Waals surface area contributed by atoms with E-state index in [0.29, 0.717) is 29.0 Å². The molecule has 0 unspecified atom stereocenters. The Morgan fingerprint density at radius 2 is 1.67 bits per heavy atom. The molecular weight excluding hydrogens is 428 g/mol. The van der Waals surface area contributed by atoms with E-state index in [1.807, 2.05) is 6.92 Å².